The first-order chi connectivity index (χ1) is 12.3. The van der Waals surface area contributed by atoms with Crippen LogP contribution in [0.3, 0.4) is 0 Å². The minimum absolute atomic E-state index is 0.0876. The van der Waals surface area contributed by atoms with Crippen LogP contribution in [0.5, 0.6) is 0 Å². The standard InChI is InChI=1S/C20H20FN3O/c21-17-8-6-15(7-9-17)10-22-11-18-13-24-19(12-23-20(24)14-25-18)16-4-2-1-3-5-16/h1-9,12,18,22H,10-11,13-14H2/t18-/m0/s1. The van der Waals surface area contributed by atoms with Crippen LogP contribution in [0.2, 0.25) is 0 Å². The third-order valence-corrected chi connectivity index (χ3v) is 4.46. The van der Waals surface area contributed by atoms with E-state index >= 15 is 0 Å². The number of imidazole rings is 1. The first-order valence-electron chi connectivity index (χ1n) is 8.46. The molecule has 1 atom stereocenters. The summed E-state index contributed by atoms with van der Waals surface area (Å²) < 4.78 is 21.1. The summed E-state index contributed by atoms with van der Waals surface area (Å²) in [4.78, 5) is 4.49. The number of halogens is 1. The van der Waals surface area contributed by atoms with Gasteiger partial charge in [0.15, 0.2) is 0 Å². The number of hydrogen-bond acceptors (Lipinski definition) is 3. The second-order valence-corrected chi connectivity index (χ2v) is 6.23. The maximum Gasteiger partial charge on any atom is 0.135 e. The molecule has 5 heteroatoms. The Balaban J connectivity index is 1.39. The van der Waals surface area contributed by atoms with Gasteiger partial charge in [-0.1, -0.05) is 42.5 Å². The van der Waals surface area contributed by atoms with Gasteiger partial charge in [-0.15, -0.1) is 0 Å². The van der Waals surface area contributed by atoms with Crippen molar-refractivity contribution in [1.29, 1.82) is 0 Å². The SMILES string of the molecule is Fc1ccc(CNC[C@H]2Cn3c(-c4ccccc4)cnc3CO2)cc1. The van der Waals surface area contributed by atoms with Crippen LogP contribution in [0.1, 0.15) is 11.4 Å². The van der Waals surface area contributed by atoms with E-state index in [1.807, 2.05) is 24.4 Å². The fourth-order valence-corrected chi connectivity index (χ4v) is 3.12. The number of ether oxygens (including phenoxy) is 1. The molecule has 4 rings (SSSR count). The van der Waals surface area contributed by atoms with Crippen molar-refractivity contribution in [3.63, 3.8) is 0 Å². The lowest BCUT2D eigenvalue weighted by atomic mass is 10.1. The minimum Gasteiger partial charge on any atom is -0.367 e. The summed E-state index contributed by atoms with van der Waals surface area (Å²) >= 11 is 0. The van der Waals surface area contributed by atoms with E-state index in [9.17, 15) is 4.39 Å². The highest BCUT2D eigenvalue weighted by Gasteiger charge is 2.22. The van der Waals surface area contributed by atoms with Gasteiger partial charge in [0.2, 0.25) is 0 Å². The van der Waals surface area contributed by atoms with E-state index in [-0.39, 0.29) is 11.9 Å². The predicted octanol–water partition coefficient (Wildman–Crippen LogP) is 3.38. The summed E-state index contributed by atoms with van der Waals surface area (Å²) in [6.45, 7) is 2.73. The molecule has 0 aliphatic carbocycles. The Morgan fingerprint density at radius 3 is 2.72 bits per heavy atom. The van der Waals surface area contributed by atoms with Crippen molar-refractivity contribution in [2.24, 2.45) is 0 Å². The Labute approximate surface area is 146 Å². The van der Waals surface area contributed by atoms with Crippen LogP contribution in [0.15, 0.2) is 60.8 Å². The lowest BCUT2D eigenvalue weighted by molar-refractivity contribution is 0.00326. The van der Waals surface area contributed by atoms with E-state index in [4.69, 9.17) is 4.74 Å². The van der Waals surface area contributed by atoms with E-state index in [2.05, 4.69) is 27.0 Å². The van der Waals surface area contributed by atoms with Crippen LogP contribution in [-0.2, 0) is 24.4 Å². The molecule has 0 unspecified atom stereocenters. The zero-order valence-electron chi connectivity index (χ0n) is 13.9. The van der Waals surface area contributed by atoms with Crippen molar-refractivity contribution in [3.8, 4) is 11.3 Å². The minimum atomic E-state index is -0.208. The molecule has 1 aromatic heterocycles. The van der Waals surface area contributed by atoms with E-state index in [1.54, 1.807) is 12.1 Å². The van der Waals surface area contributed by atoms with Gasteiger partial charge in [-0.3, -0.25) is 0 Å². The zero-order chi connectivity index (χ0) is 17.1. The molecular weight excluding hydrogens is 317 g/mol. The van der Waals surface area contributed by atoms with Crippen molar-refractivity contribution in [2.75, 3.05) is 6.54 Å². The van der Waals surface area contributed by atoms with Gasteiger partial charge in [-0.25, -0.2) is 9.37 Å². The van der Waals surface area contributed by atoms with E-state index in [0.717, 1.165) is 30.2 Å². The fourth-order valence-electron chi connectivity index (χ4n) is 3.12. The van der Waals surface area contributed by atoms with E-state index in [0.29, 0.717) is 13.2 Å². The van der Waals surface area contributed by atoms with Crippen LogP contribution in [-0.4, -0.2) is 22.2 Å². The fraction of sp³-hybridized carbons (Fsp3) is 0.250. The Morgan fingerprint density at radius 2 is 1.92 bits per heavy atom. The third-order valence-electron chi connectivity index (χ3n) is 4.46. The molecule has 1 aliphatic heterocycles. The first kappa shape index (κ1) is 16.0. The van der Waals surface area contributed by atoms with Gasteiger partial charge in [-0.2, -0.15) is 0 Å². The molecule has 0 saturated heterocycles. The van der Waals surface area contributed by atoms with Crippen molar-refractivity contribution in [1.82, 2.24) is 14.9 Å². The zero-order valence-corrected chi connectivity index (χ0v) is 13.9. The first-order valence-corrected chi connectivity index (χ1v) is 8.46. The lowest BCUT2D eigenvalue weighted by Gasteiger charge is -2.26. The van der Waals surface area contributed by atoms with Crippen molar-refractivity contribution >= 4 is 0 Å². The second kappa shape index (κ2) is 7.17. The maximum absolute atomic E-state index is 12.9. The number of hydrogen-bond donors (Lipinski definition) is 1. The van der Waals surface area contributed by atoms with Crippen molar-refractivity contribution < 1.29 is 9.13 Å². The van der Waals surface area contributed by atoms with Crippen LogP contribution < -0.4 is 5.32 Å². The van der Waals surface area contributed by atoms with Gasteiger partial charge in [-0.05, 0) is 23.3 Å². The molecule has 1 N–H and O–H groups in total. The van der Waals surface area contributed by atoms with Crippen LogP contribution in [0.25, 0.3) is 11.3 Å². The van der Waals surface area contributed by atoms with E-state index < -0.39 is 0 Å². The van der Waals surface area contributed by atoms with Gasteiger partial charge in [0, 0.05) is 13.1 Å². The second-order valence-electron chi connectivity index (χ2n) is 6.23. The molecule has 0 saturated carbocycles. The molecule has 0 bridgehead atoms. The van der Waals surface area contributed by atoms with Crippen LogP contribution >= 0.6 is 0 Å². The predicted molar refractivity (Wildman–Crippen MR) is 94.3 cm³/mol. The monoisotopic (exact) mass is 337 g/mol. The summed E-state index contributed by atoms with van der Waals surface area (Å²) in [5, 5.41) is 3.39. The van der Waals surface area contributed by atoms with Gasteiger partial charge < -0.3 is 14.6 Å². The molecular formula is C20H20FN3O. The molecule has 0 radical (unpaired) electrons. The Morgan fingerprint density at radius 1 is 1.12 bits per heavy atom. The normalized spacial score (nSPS) is 16.6. The molecule has 0 fully saturated rings. The molecule has 25 heavy (non-hydrogen) atoms. The quantitative estimate of drug-likeness (QED) is 0.776. The Bertz CT molecular complexity index is 830. The largest absolute Gasteiger partial charge is 0.367 e. The number of fused-ring (bicyclic) bond motifs is 1. The van der Waals surface area contributed by atoms with E-state index in [1.165, 1.54) is 17.7 Å². The summed E-state index contributed by atoms with van der Waals surface area (Å²) in [6.07, 6.45) is 2.01. The highest BCUT2D eigenvalue weighted by molar-refractivity contribution is 5.59. The van der Waals surface area contributed by atoms with Crippen LogP contribution in [0, 0.1) is 5.82 Å². The van der Waals surface area contributed by atoms with Crippen molar-refractivity contribution in [3.05, 3.63) is 78.0 Å². The molecule has 4 nitrogen and oxygen atoms in total. The topological polar surface area (TPSA) is 39.1 Å². The average Bonchev–Trinajstić information content (AvgIpc) is 3.07. The Kier molecular flexibility index (Phi) is 4.59. The summed E-state index contributed by atoms with van der Waals surface area (Å²) in [6, 6.07) is 16.9. The number of nitrogens with zero attached hydrogens (tertiary/aromatic N) is 2. The van der Waals surface area contributed by atoms with Crippen LogP contribution in [0.4, 0.5) is 4.39 Å². The lowest BCUT2D eigenvalue weighted by Crippen LogP contribution is -2.36. The molecule has 0 amide bonds. The number of aromatic nitrogens is 2. The highest BCUT2D eigenvalue weighted by atomic mass is 19.1. The smallest absolute Gasteiger partial charge is 0.135 e. The molecule has 128 valence electrons. The summed E-state index contributed by atoms with van der Waals surface area (Å²) in [5.41, 5.74) is 3.36. The van der Waals surface area contributed by atoms with Gasteiger partial charge in [0.25, 0.3) is 0 Å². The molecule has 2 aromatic carbocycles. The molecule has 0 spiro atoms. The average molecular weight is 337 g/mol. The summed E-state index contributed by atoms with van der Waals surface area (Å²) in [5.74, 6) is 0.758. The molecule has 1 aliphatic rings. The number of benzene rings is 2. The number of rotatable bonds is 5. The van der Waals surface area contributed by atoms with Gasteiger partial charge in [0.1, 0.15) is 18.2 Å². The maximum atomic E-state index is 12.9. The molecule has 3 aromatic rings. The van der Waals surface area contributed by atoms with Gasteiger partial charge >= 0.3 is 0 Å². The van der Waals surface area contributed by atoms with Crippen molar-refractivity contribution in [2.45, 2.75) is 25.8 Å². The van der Waals surface area contributed by atoms with Gasteiger partial charge in [0.05, 0.1) is 24.5 Å². The summed E-state index contributed by atoms with van der Waals surface area (Å²) in [7, 11) is 0. The number of nitrogens with one attached hydrogen (secondary N) is 1. The molecule has 2 heterocycles. The highest BCUT2D eigenvalue weighted by Crippen LogP contribution is 2.24. The Hall–Kier alpha value is -2.50. The third kappa shape index (κ3) is 3.62.